The molecule has 1 saturated heterocycles. The number of hydrogen-bond acceptors (Lipinski definition) is 4. The monoisotopic (exact) mass is 279 g/mol. The number of nitrogens with zero attached hydrogens (tertiary/aromatic N) is 1. The van der Waals surface area contributed by atoms with Gasteiger partial charge in [-0.25, -0.2) is 8.42 Å². The van der Waals surface area contributed by atoms with Crippen LogP contribution in [-0.2, 0) is 20.2 Å². The predicted molar refractivity (Wildman–Crippen MR) is 58.1 cm³/mol. The third-order valence-electron chi connectivity index (χ3n) is 2.54. The van der Waals surface area contributed by atoms with E-state index < -0.39 is 30.0 Å². The molecule has 8 heteroatoms. The van der Waals surface area contributed by atoms with Gasteiger partial charge in [0.1, 0.15) is 9.79 Å². The van der Waals surface area contributed by atoms with E-state index in [1.807, 2.05) is 0 Å². The SMILES string of the molecule is O=S(=O)(F)c1ccccc1S(=O)(=O)N1CCC1. The van der Waals surface area contributed by atoms with Crippen molar-refractivity contribution in [2.45, 2.75) is 16.2 Å². The highest BCUT2D eigenvalue weighted by molar-refractivity contribution is 7.91. The summed E-state index contributed by atoms with van der Waals surface area (Å²) in [5.41, 5.74) is 0. The molecule has 5 nitrogen and oxygen atoms in total. The van der Waals surface area contributed by atoms with E-state index in [1.54, 1.807) is 0 Å². The van der Waals surface area contributed by atoms with Crippen molar-refractivity contribution in [1.29, 1.82) is 0 Å². The third-order valence-corrected chi connectivity index (χ3v) is 5.51. The molecule has 0 saturated carbocycles. The summed E-state index contributed by atoms with van der Waals surface area (Å²) in [5.74, 6) is 0. The Bertz CT molecular complexity index is 635. The highest BCUT2D eigenvalue weighted by atomic mass is 32.3. The molecule has 1 aromatic carbocycles. The van der Waals surface area contributed by atoms with Crippen molar-refractivity contribution in [2.24, 2.45) is 0 Å². The van der Waals surface area contributed by atoms with Gasteiger partial charge in [-0.3, -0.25) is 0 Å². The Kier molecular flexibility index (Phi) is 2.96. The molecule has 0 N–H and O–H groups in total. The molecular weight excluding hydrogens is 269 g/mol. The van der Waals surface area contributed by atoms with E-state index in [9.17, 15) is 20.7 Å². The van der Waals surface area contributed by atoms with Crippen LogP contribution in [-0.4, -0.2) is 34.2 Å². The van der Waals surface area contributed by atoms with Crippen LogP contribution in [0.15, 0.2) is 34.1 Å². The molecule has 17 heavy (non-hydrogen) atoms. The van der Waals surface area contributed by atoms with Crippen LogP contribution in [0, 0.1) is 0 Å². The minimum atomic E-state index is -5.04. The van der Waals surface area contributed by atoms with Gasteiger partial charge in [0.2, 0.25) is 10.0 Å². The van der Waals surface area contributed by atoms with Gasteiger partial charge in [0.25, 0.3) is 0 Å². The van der Waals surface area contributed by atoms with Crippen LogP contribution in [0.4, 0.5) is 3.89 Å². The van der Waals surface area contributed by atoms with Gasteiger partial charge in [-0.15, -0.1) is 3.89 Å². The number of rotatable bonds is 3. The first-order chi connectivity index (χ1) is 7.83. The molecule has 0 atom stereocenters. The Balaban J connectivity index is 2.60. The second-order valence-electron chi connectivity index (χ2n) is 3.64. The van der Waals surface area contributed by atoms with Crippen LogP contribution >= 0.6 is 0 Å². The molecule has 0 spiro atoms. The van der Waals surface area contributed by atoms with Crippen molar-refractivity contribution in [1.82, 2.24) is 4.31 Å². The van der Waals surface area contributed by atoms with Crippen molar-refractivity contribution in [2.75, 3.05) is 13.1 Å². The fourth-order valence-corrected chi connectivity index (χ4v) is 4.29. The van der Waals surface area contributed by atoms with Crippen LogP contribution in [0.25, 0.3) is 0 Å². The zero-order valence-electron chi connectivity index (χ0n) is 8.71. The van der Waals surface area contributed by atoms with Gasteiger partial charge in [0.15, 0.2) is 0 Å². The molecule has 0 amide bonds. The second kappa shape index (κ2) is 4.04. The van der Waals surface area contributed by atoms with Gasteiger partial charge >= 0.3 is 10.2 Å². The van der Waals surface area contributed by atoms with Crippen LogP contribution in [0.3, 0.4) is 0 Å². The number of halogens is 1. The van der Waals surface area contributed by atoms with Gasteiger partial charge in [-0.1, -0.05) is 12.1 Å². The summed E-state index contributed by atoms with van der Waals surface area (Å²) in [6.07, 6.45) is 0.726. The Morgan fingerprint density at radius 2 is 1.53 bits per heavy atom. The van der Waals surface area contributed by atoms with Crippen molar-refractivity contribution in [3.8, 4) is 0 Å². The van der Waals surface area contributed by atoms with Gasteiger partial charge in [0, 0.05) is 13.1 Å². The average Bonchev–Trinajstić information content (AvgIpc) is 2.13. The molecule has 2 rings (SSSR count). The summed E-state index contributed by atoms with van der Waals surface area (Å²) in [5, 5.41) is 0. The minimum absolute atomic E-state index is 0.336. The molecule has 1 fully saturated rings. The molecule has 94 valence electrons. The summed E-state index contributed by atoms with van der Waals surface area (Å²) in [7, 11) is -8.94. The maximum Gasteiger partial charge on any atom is 0.333 e. The fourth-order valence-electron chi connectivity index (χ4n) is 1.53. The van der Waals surface area contributed by atoms with E-state index >= 15 is 0 Å². The molecule has 0 aliphatic carbocycles. The summed E-state index contributed by atoms with van der Waals surface area (Å²) in [6, 6.07) is 4.69. The van der Waals surface area contributed by atoms with Crippen molar-refractivity contribution in [3.63, 3.8) is 0 Å². The highest BCUT2D eigenvalue weighted by Gasteiger charge is 2.33. The van der Waals surface area contributed by atoms with Crippen molar-refractivity contribution < 1.29 is 20.7 Å². The second-order valence-corrected chi connectivity index (χ2v) is 6.86. The van der Waals surface area contributed by atoms with Crippen molar-refractivity contribution >= 4 is 20.2 Å². The lowest BCUT2D eigenvalue weighted by atomic mass is 10.3. The minimum Gasteiger partial charge on any atom is -0.207 e. The zero-order valence-corrected chi connectivity index (χ0v) is 10.3. The normalized spacial score (nSPS) is 17.7. The lowest BCUT2D eigenvalue weighted by Gasteiger charge is -2.30. The summed E-state index contributed by atoms with van der Waals surface area (Å²) in [6.45, 7) is 0.673. The lowest BCUT2D eigenvalue weighted by molar-refractivity contribution is 0.308. The molecule has 0 unspecified atom stereocenters. The zero-order chi connectivity index (χ0) is 12.7. The fraction of sp³-hybridized carbons (Fsp3) is 0.333. The van der Waals surface area contributed by atoms with E-state index in [2.05, 4.69) is 0 Å². The number of sulfonamides is 1. The Labute approximate surface area is 99.1 Å². The Morgan fingerprint density at radius 3 is 1.94 bits per heavy atom. The van der Waals surface area contributed by atoms with E-state index in [0.29, 0.717) is 13.1 Å². The maximum absolute atomic E-state index is 13.0. The maximum atomic E-state index is 13.0. The predicted octanol–water partition coefficient (Wildman–Crippen LogP) is 0.739. The molecule has 0 bridgehead atoms. The lowest BCUT2D eigenvalue weighted by Crippen LogP contribution is -2.42. The Hall–Kier alpha value is -0.990. The quantitative estimate of drug-likeness (QED) is 0.765. The van der Waals surface area contributed by atoms with E-state index in [0.717, 1.165) is 22.9 Å². The van der Waals surface area contributed by atoms with Crippen LogP contribution in [0.5, 0.6) is 0 Å². The summed E-state index contributed by atoms with van der Waals surface area (Å²) >= 11 is 0. The first kappa shape index (κ1) is 12.5. The number of hydrogen-bond donors (Lipinski definition) is 0. The van der Waals surface area contributed by atoms with E-state index in [-0.39, 0.29) is 0 Å². The molecule has 0 aromatic heterocycles. The highest BCUT2D eigenvalue weighted by Crippen LogP contribution is 2.27. The standard InChI is InChI=1S/C9H10FNO4S2/c10-16(12,13)8-4-1-2-5-9(8)17(14,15)11-6-3-7-11/h1-2,4-5H,3,6-7H2. The van der Waals surface area contributed by atoms with Crippen LogP contribution in [0.1, 0.15) is 6.42 Å². The van der Waals surface area contributed by atoms with Gasteiger partial charge in [-0.05, 0) is 18.6 Å². The van der Waals surface area contributed by atoms with Crippen molar-refractivity contribution in [3.05, 3.63) is 24.3 Å². The van der Waals surface area contributed by atoms with Crippen LogP contribution < -0.4 is 0 Å². The molecule has 1 aliphatic heterocycles. The molecule has 1 heterocycles. The molecule has 0 radical (unpaired) electrons. The molecule has 1 aliphatic rings. The smallest absolute Gasteiger partial charge is 0.207 e. The average molecular weight is 279 g/mol. The summed E-state index contributed by atoms with van der Waals surface area (Å²) in [4.78, 5) is -1.30. The largest absolute Gasteiger partial charge is 0.333 e. The van der Waals surface area contributed by atoms with Crippen LogP contribution in [0.2, 0.25) is 0 Å². The van der Waals surface area contributed by atoms with Gasteiger partial charge < -0.3 is 0 Å². The Morgan fingerprint density at radius 1 is 1.00 bits per heavy atom. The molecular formula is C9H10FNO4S2. The topological polar surface area (TPSA) is 71.5 Å². The third kappa shape index (κ3) is 2.20. The van der Waals surface area contributed by atoms with Gasteiger partial charge in [-0.2, -0.15) is 12.7 Å². The first-order valence-corrected chi connectivity index (χ1v) is 7.70. The summed E-state index contributed by atoms with van der Waals surface area (Å²) < 4.78 is 59.8. The van der Waals surface area contributed by atoms with E-state index in [1.165, 1.54) is 12.1 Å². The van der Waals surface area contributed by atoms with Gasteiger partial charge in [0.05, 0.1) is 0 Å². The van der Waals surface area contributed by atoms with E-state index in [4.69, 9.17) is 0 Å². The number of benzene rings is 1. The first-order valence-electron chi connectivity index (χ1n) is 4.87. The molecule has 1 aromatic rings.